The molecule has 1 aliphatic heterocycles. The van der Waals surface area contributed by atoms with Crippen LogP contribution in [0.3, 0.4) is 0 Å². The van der Waals surface area contributed by atoms with Gasteiger partial charge in [-0.1, -0.05) is 60.7 Å². The van der Waals surface area contributed by atoms with Gasteiger partial charge in [-0.25, -0.2) is 17.1 Å². The minimum absolute atomic E-state index is 0.0116. The highest BCUT2D eigenvalue weighted by atomic mass is 32.2. The van der Waals surface area contributed by atoms with Crippen molar-refractivity contribution >= 4 is 45.4 Å². The van der Waals surface area contributed by atoms with Gasteiger partial charge < -0.3 is 25.7 Å². The summed E-state index contributed by atoms with van der Waals surface area (Å²) < 4.78 is 81.2. The number of hydrogen-bond acceptors (Lipinski definition) is 7. The lowest BCUT2D eigenvalue weighted by Crippen LogP contribution is -2.49. The van der Waals surface area contributed by atoms with Crippen molar-refractivity contribution in [1.82, 2.24) is 10.6 Å². The number of sulfonamides is 1. The van der Waals surface area contributed by atoms with Crippen molar-refractivity contribution in [1.29, 1.82) is 0 Å². The van der Waals surface area contributed by atoms with Gasteiger partial charge in [0, 0.05) is 26.1 Å². The van der Waals surface area contributed by atoms with Crippen LogP contribution >= 0.6 is 0 Å². The molecular formula is C37H38F4N4O7S. The lowest BCUT2D eigenvalue weighted by atomic mass is 9.99. The molecule has 4 aromatic rings. The largest absolute Gasteiger partial charge is 0.483 e. The molecule has 0 unspecified atom stereocenters. The van der Waals surface area contributed by atoms with E-state index >= 15 is 0 Å². The number of carboxylic acid groups (broad SMARTS) is 1. The summed E-state index contributed by atoms with van der Waals surface area (Å²) >= 11 is 0. The molecule has 1 aliphatic rings. The van der Waals surface area contributed by atoms with Crippen LogP contribution in [-0.4, -0.2) is 68.4 Å². The minimum Gasteiger partial charge on any atom is -0.483 e. The van der Waals surface area contributed by atoms with Crippen LogP contribution in [0.15, 0.2) is 97.1 Å². The molecule has 4 aromatic carbocycles. The maximum absolute atomic E-state index is 14.3. The Kier molecular flexibility index (Phi) is 13.7. The molecule has 4 N–H and O–H groups in total. The van der Waals surface area contributed by atoms with E-state index < -0.39 is 45.6 Å². The number of amides is 2. The molecule has 1 heterocycles. The SMILES string of the molecule is CS(=O)(=O)N(c1cccc(F)c1)c1cccc(C(=O)N[C@@H](Cc2ccccc2)[C@H](O)CNCc2cccc(C(F)(F)F)c2)c1N1CCCC1=O.O=CO. The predicted octanol–water partition coefficient (Wildman–Crippen LogP) is 5.26. The second kappa shape index (κ2) is 17.9. The van der Waals surface area contributed by atoms with Crippen LogP contribution in [0, 0.1) is 5.82 Å². The smallest absolute Gasteiger partial charge is 0.416 e. The Hall–Kier alpha value is -5.32. The number of rotatable bonds is 13. The molecule has 1 saturated heterocycles. The van der Waals surface area contributed by atoms with Gasteiger partial charge in [0.25, 0.3) is 12.4 Å². The molecule has 5 rings (SSSR count). The molecule has 53 heavy (non-hydrogen) atoms. The maximum Gasteiger partial charge on any atom is 0.416 e. The first kappa shape index (κ1) is 40.5. The summed E-state index contributed by atoms with van der Waals surface area (Å²) in [5, 5.41) is 24.0. The standard InChI is InChI=1S/C36H36F4N4O5S.CH2O2/c1-50(48,49)44(28-14-6-13-27(37)21-28)31-16-7-15-29(34(31)43-18-8-17-33(43)46)35(47)42-30(20-24-9-3-2-4-10-24)32(45)23-41-22-25-11-5-12-26(19-25)36(38,39)40;2-1-3/h2-7,9-16,19,21,30,32,41,45H,8,17-18,20,22-23H2,1H3,(H,42,47);1H,(H,2,3)/t30-,32+;/m0./s1. The molecule has 0 aliphatic carbocycles. The number of hydrogen-bond donors (Lipinski definition) is 4. The molecule has 282 valence electrons. The normalized spacial score (nSPS) is 14.2. The highest BCUT2D eigenvalue weighted by molar-refractivity contribution is 7.92. The summed E-state index contributed by atoms with van der Waals surface area (Å²) in [6, 6.07) is 22.1. The third-order valence-corrected chi connectivity index (χ3v) is 9.28. The fraction of sp³-hybridized carbons (Fsp3) is 0.270. The first-order valence-corrected chi connectivity index (χ1v) is 18.2. The van der Waals surface area contributed by atoms with E-state index in [1.807, 2.05) is 0 Å². The number of nitrogens with zero attached hydrogens (tertiary/aromatic N) is 2. The van der Waals surface area contributed by atoms with Gasteiger partial charge in [-0.2, -0.15) is 13.2 Å². The summed E-state index contributed by atoms with van der Waals surface area (Å²) in [6.45, 7) is -0.142. The third kappa shape index (κ3) is 10.8. The average Bonchev–Trinajstić information content (AvgIpc) is 3.53. The molecule has 2 amide bonds. The van der Waals surface area contributed by atoms with Gasteiger partial charge in [0.2, 0.25) is 15.9 Å². The molecule has 0 aromatic heterocycles. The van der Waals surface area contributed by atoms with Gasteiger partial charge in [-0.05, 0) is 60.4 Å². The zero-order valence-electron chi connectivity index (χ0n) is 28.5. The Morgan fingerprint density at radius 3 is 2.26 bits per heavy atom. The van der Waals surface area contributed by atoms with Crippen LogP contribution in [0.5, 0.6) is 0 Å². The average molecular weight is 759 g/mol. The number of nitrogens with one attached hydrogen (secondary N) is 2. The Labute approximate surface area is 303 Å². The Balaban J connectivity index is 0.00000202. The minimum atomic E-state index is -4.51. The van der Waals surface area contributed by atoms with E-state index in [0.29, 0.717) is 12.0 Å². The third-order valence-electron chi connectivity index (χ3n) is 8.21. The molecule has 0 radical (unpaired) electrons. The fourth-order valence-corrected chi connectivity index (χ4v) is 6.92. The van der Waals surface area contributed by atoms with E-state index in [0.717, 1.165) is 40.4 Å². The highest BCUT2D eigenvalue weighted by Gasteiger charge is 2.34. The number of halogens is 4. The summed E-state index contributed by atoms with van der Waals surface area (Å²) in [7, 11) is -4.13. The molecule has 1 fully saturated rings. The fourth-order valence-electron chi connectivity index (χ4n) is 5.92. The van der Waals surface area contributed by atoms with Gasteiger partial charge in [0.05, 0.1) is 46.6 Å². The summed E-state index contributed by atoms with van der Waals surface area (Å²) in [6.07, 6.45) is -4.02. The van der Waals surface area contributed by atoms with Crippen LogP contribution in [0.2, 0.25) is 0 Å². The number of aliphatic hydroxyl groups excluding tert-OH is 1. The quantitative estimate of drug-likeness (QED) is 0.106. The lowest BCUT2D eigenvalue weighted by molar-refractivity contribution is -0.137. The van der Waals surface area contributed by atoms with Gasteiger partial charge in [0.15, 0.2) is 0 Å². The lowest BCUT2D eigenvalue weighted by Gasteiger charge is -2.30. The first-order chi connectivity index (χ1) is 25.1. The molecule has 2 atom stereocenters. The van der Waals surface area contributed by atoms with E-state index in [9.17, 15) is 40.7 Å². The van der Waals surface area contributed by atoms with Crippen LogP contribution < -0.4 is 19.8 Å². The summed E-state index contributed by atoms with van der Waals surface area (Å²) in [5.41, 5.74) is 0.204. The van der Waals surface area contributed by atoms with Crippen molar-refractivity contribution in [3.05, 3.63) is 125 Å². The molecule has 0 bridgehead atoms. The van der Waals surface area contributed by atoms with Crippen molar-refractivity contribution in [2.45, 2.75) is 44.1 Å². The Morgan fingerprint density at radius 2 is 1.64 bits per heavy atom. The van der Waals surface area contributed by atoms with Gasteiger partial charge in [-0.15, -0.1) is 0 Å². The van der Waals surface area contributed by atoms with Crippen molar-refractivity contribution in [2.24, 2.45) is 0 Å². The van der Waals surface area contributed by atoms with E-state index in [4.69, 9.17) is 9.90 Å². The zero-order chi connectivity index (χ0) is 38.8. The number of aliphatic hydroxyl groups is 1. The van der Waals surface area contributed by atoms with Gasteiger partial charge in [0.1, 0.15) is 5.82 Å². The second-order valence-electron chi connectivity index (χ2n) is 12.1. The Morgan fingerprint density at radius 1 is 0.981 bits per heavy atom. The Bertz CT molecular complexity index is 2000. The van der Waals surface area contributed by atoms with Crippen LogP contribution in [0.1, 0.15) is 39.9 Å². The van der Waals surface area contributed by atoms with E-state index in [1.54, 1.807) is 30.3 Å². The van der Waals surface area contributed by atoms with Gasteiger partial charge >= 0.3 is 6.18 Å². The number of carbonyl (C=O) groups excluding carboxylic acids is 2. The topological polar surface area (TPSA) is 156 Å². The zero-order valence-corrected chi connectivity index (χ0v) is 29.3. The maximum atomic E-state index is 14.3. The van der Waals surface area contributed by atoms with Crippen molar-refractivity contribution in [3.8, 4) is 0 Å². The van der Waals surface area contributed by atoms with Crippen molar-refractivity contribution < 1.29 is 50.6 Å². The molecule has 0 saturated carbocycles. The van der Waals surface area contributed by atoms with Crippen LogP contribution in [0.4, 0.5) is 34.6 Å². The van der Waals surface area contributed by atoms with Crippen LogP contribution in [0.25, 0.3) is 0 Å². The second-order valence-corrected chi connectivity index (χ2v) is 13.9. The number of anilines is 3. The van der Waals surface area contributed by atoms with Crippen molar-refractivity contribution in [2.75, 3.05) is 28.6 Å². The van der Waals surface area contributed by atoms with Gasteiger partial charge in [-0.3, -0.25) is 14.4 Å². The number of alkyl halides is 3. The molecular weight excluding hydrogens is 720 g/mol. The van der Waals surface area contributed by atoms with E-state index in [1.165, 1.54) is 47.4 Å². The molecule has 11 nitrogen and oxygen atoms in total. The van der Waals surface area contributed by atoms with E-state index in [-0.39, 0.29) is 67.5 Å². The number of carbonyl (C=O) groups is 3. The van der Waals surface area contributed by atoms with Crippen molar-refractivity contribution in [3.63, 3.8) is 0 Å². The van der Waals surface area contributed by atoms with E-state index in [2.05, 4.69) is 10.6 Å². The number of benzene rings is 4. The highest BCUT2D eigenvalue weighted by Crippen LogP contribution is 2.41. The van der Waals surface area contributed by atoms with Crippen LogP contribution in [-0.2, 0) is 38.8 Å². The molecule has 0 spiro atoms. The number of para-hydroxylation sites is 1. The monoisotopic (exact) mass is 758 g/mol. The summed E-state index contributed by atoms with van der Waals surface area (Å²) in [4.78, 5) is 37.0. The molecule has 16 heteroatoms. The first-order valence-electron chi connectivity index (χ1n) is 16.3. The summed E-state index contributed by atoms with van der Waals surface area (Å²) in [5.74, 6) is -1.74. The predicted molar refractivity (Wildman–Crippen MR) is 191 cm³/mol.